The standard InChI is InChI=1S/C22H23N3O4/c1-15(26)24-19(12-16-7-4-3-5-8-16)21(27)25-20(22(28)29-2)13-17-9-6-10-18(11-17)14-23/h3-11,19-20H,12-13H2,1-2H3,(H,24,26)(H,25,27)/t19-,20+/m1/s1. The number of esters is 1. The summed E-state index contributed by atoms with van der Waals surface area (Å²) >= 11 is 0. The van der Waals surface area contributed by atoms with Gasteiger partial charge in [0.1, 0.15) is 12.1 Å². The van der Waals surface area contributed by atoms with E-state index in [0.29, 0.717) is 11.1 Å². The highest BCUT2D eigenvalue weighted by Gasteiger charge is 2.27. The fourth-order valence-corrected chi connectivity index (χ4v) is 2.92. The first-order valence-corrected chi connectivity index (χ1v) is 9.11. The van der Waals surface area contributed by atoms with Crippen molar-refractivity contribution in [3.8, 4) is 6.07 Å². The summed E-state index contributed by atoms with van der Waals surface area (Å²) in [5, 5.41) is 14.3. The fraction of sp³-hybridized carbons (Fsp3) is 0.273. The highest BCUT2D eigenvalue weighted by Crippen LogP contribution is 2.09. The minimum atomic E-state index is -0.950. The third kappa shape index (κ3) is 6.78. The monoisotopic (exact) mass is 393 g/mol. The van der Waals surface area contributed by atoms with Gasteiger partial charge in [0, 0.05) is 19.8 Å². The molecule has 7 nitrogen and oxygen atoms in total. The molecule has 2 aromatic carbocycles. The summed E-state index contributed by atoms with van der Waals surface area (Å²) in [5.41, 5.74) is 2.04. The van der Waals surface area contributed by atoms with Gasteiger partial charge in [0.05, 0.1) is 18.7 Å². The molecule has 0 bridgehead atoms. The second-order valence-corrected chi connectivity index (χ2v) is 6.54. The van der Waals surface area contributed by atoms with Crippen molar-refractivity contribution in [2.45, 2.75) is 31.8 Å². The van der Waals surface area contributed by atoms with Crippen molar-refractivity contribution < 1.29 is 19.1 Å². The molecule has 0 saturated heterocycles. The SMILES string of the molecule is COC(=O)[C@H](Cc1cccc(C#N)c1)NC(=O)[C@@H](Cc1ccccc1)NC(C)=O. The van der Waals surface area contributed by atoms with Crippen LogP contribution in [0, 0.1) is 11.3 Å². The average Bonchev–Trinajstić information content (AvgIpc) is 2.72. The Balaban J connectivity index is 2.17. The lowest BCUT2D eigenvalue weighted by molar-refractivity contribution is -0.145. The number of hydrogen-bond donors (Lipinski definition) is 2. The number of nitrogens with one attached hydrogen (secondary N) is 2. The zero-order chi connectivity index (χ0) is 21.2. The van der Waals surface area contributed by atoms with Crippen LogP contribution in [0.4, 0.5) is 0 Å². The molecular formula is C22H23N3O4. The zero-order valence-electron chi connectivity index (χ0n) is 16.3. The highest BCUT2D eigenvalue weighted by atomic mass is 16.5. The quantitative estimate of drug-likeness (QED) is 0.661. The van der Waals surface area contributed by atoms with E-state index in [1.165, 1.54) is 14.0 Å². The molecule has 7 heteroatoms. The van der Waals surface area contributed by atoms with Crippen molar-refractivity contribution >= 4 is 17.8 Å². The number of ether oxygens (including phenoxy) is 1. The van der Waals surface area contributed by atoms with Crippen molar-refractivity contribution in [3.05, 3.63) is 71.3 Å². The largest absolute Gasteiger partial charge is 0.467 e. The number of carbonyl (C=O) groups is 3. The molecule has 2 atom stereocenters. The van der Waals surface area contributed by atoms with Gasteiger partial charge in [-0.25, -0.2) is 4.79 Å². The van der Waals surface area contributed by atoms with Crippen LogP contribution in [0.3, 0.4) is 0 Å². The maximum atomic E-state index is 12.8. The van der Waals surface area contributed by atoms with Gasteiger partial charge >= 0.3 is 5.97 Å². The van der Waals surface area contributed by atoms with Crippen LogP contribution in [-0.4, -0.2) is 37.0 Å². The predicted molar refractivity (Wildman–Crippen MR) is 107 cm³/mol. The molecule has 0 spiro atoms. The Morgan fingerprint density at radius 3 is 2.24 bits per heavy atom. The van der Waals surface area contributed by atoms with Crippen LogP contribution in [-0.2, 0) is 32.0 Å². The molecule has 29 heavy (non-hydrogen) atoms. The summed E-state index contributed by atoms with van der Waals surface area (Å²) in [4.78, 5) is 36.6. The zero-order valence-corrected chi connectivity index (χ0v) is 16.3. The van der Waals surface area contributed by atoms with Crippen LogP contribution in [0.1, 0.15) is 23.6 Å². The molecule has 0 aliphatic carbocycles. The minimum absolute atomic E-state index is 0.159. The Hall–Kier alpha value is -3.66. The summed E-state index contributed by atoms with van der Waals surface area (Å²) in [6.45, 7) is 1.33. The van der Waals surface area contributed by atoms with Crippen molar-refractivity contribution in [2.75, 3.05) is 7.11 Å². The third-order valence-corrected chi connectivity index (χ3v) is 4.27. The topological polar surface area (TPSA) is 108 Å². The Kier molecular flexibility index (Phi) is 7.92. The molecule has 0 heterocycles. The lowest BCUT2D eigenvalue weighted by Gasteiger charge is -2.22. The summed E-state index contributed by atoms with van der Waals surface area (Å²) in [6.07, 6.45) is 0.441. The van der Waals surface area contributed by atoms with E-state index in [1.54, 1.807) is 24.3 Å². The molecule has 0 saturated carbocycles. The van der Waals surface area contributed by atoms with Crippen molar-refractivity contribution in [1.82, 2.24) is 10.6 Å². The Morgan fingerprint density at radius 2 is 1.62 bits per heavy atom. The van der Waals surface area contributed by atoms with Gasteiger partial charge in [0.2, 0.25) is 11.8 Å². The first kappa shape index (κ1) is 21.6. The van der Waals surface area contributed by atoms with E-state index in [-0.39, 0.29) is 18.7 Å². The Morgan fingerprint density at radius 1 is 0.966 bits per heavy atom. The molecule has 2 N–H and O–H groups in total. The number of benzene rings is 2. The van der Waals surface area contributed by atoms with Gasteiger partial charge in [-0.3, -0.25) is 9.59 Å². The van der Waals surface area contributed by atoms with E-state index in [9.17, 15) is 14.4 Å². The van der Waals surface area contributed by atoms with E-state index >= 15 is 0 Å². The van der Waals surface area contributed by atoms with Crippen LogP contribution in [0.15, 0.2) is 54.6 Å². The fourth-order valence-electron chi connectivity index (χ4n) is 2.92. The molecule has 0 radical (unpaired) electrons. The second-order valence-electron chi connectivity index (χ2n) is 6.54. The minimum Gasteiger partial charge on any atom is -0.467 e. The maximum Gasteiger partial charge on any atom is 0.328 e. The average molecular weight is 393 g/mol. The van der Waals surface area contributed by atoms with Gasteiger partial charge in [-0.15, -0.1) is 0 Å². The predicted octanol–water partition coefficient (Wildman–Crippen LogP) is 1.51. The number of rotatable bonds is 8. The van der Waals surface area contributed by atoms with Crippen LogP contribution in [0.5, 0.6) is 0 Å². The number of carbonyl (C=O) groups excluding carboxylic acids is 3. The second kappa shape index (κ2) is 10.6. The van der Waals surface area contributed by atoms with Gasteiger partial charge in [-0.2, -0.15) is 5.26 Å². The van der Waals surface area contributed by atoms with Crippen LogP contribution < -0.4 is 10.6 Å². The molecule has 2 amide bonds. The number of nitriles is 1. The molecule has 0 aromatic heterocycles. The first-order valence-electron chi connectivity index (χ1n) is 9.11. The molecule has 0 aliphatic heterocycles. The summed E-state index contributed by atoms with van der Waals surface area (Å²) in [6, 6.07) is 16.3. The molecular weight excluding hydrogens is 370 g/mol. The molecule has 2 aromatic rings. The lowest BCUT2D eigenvalue weighted by Crippen LogP contribution is -2.53. The Labute approximate surface area is 169 Å². The Bertz CT molecular complexity index is 906. The van der Waals surface area contributed by atoms with Gasteiger partial charge in [-0.1, -0.05) is 42.5 Å². The van der Waals surface area contributed by atoms with Crippen molar-refractivity contribution in [2.24, 2.45) is 0 Å². The normalized spacial score (nSPS) is 12.2. The van der Waals surface area contributed by atoms with Crippen molar-refractivity contribution in [1.29, 1.82) is 5.26 Å². The number of methoxy groups -OCH3 is 1. The maximum absolute atomic E-state index is 12.8. The number of hydrogen-bond acceptors (Lipinski definition) is 5. The van der Waals surface area contributed by atoms with Gasteiger partial charge < -0.3 is 15.4 Å². The summed E-state index contributed by atoms with van der Waals surface area (Å²) < 4.78 is 4.82. The summed E-state index contributed by atoms with van der Waals surface area (Å²) in [7, 11) is 1.24. The van der Waals surface area contributed by atoms with Gasteiger partial charge in [0.15, 0.2) is 0 Å². The lowest BCUT2D eigenvalue weighted by atomic mass is 10.0. The van der Waals surface area contributed by atoms with Crippen LogP contribution in [0.2, 0.25) is 0 Å². The molecule has 0 aliphatic rings. The molecule has 0 fully saturated rings. The van der Waals surface area contributed by atoms with E-state index in [4.69, 9.17) is 10.00 Å². The van der Waals surface area contributed by atoms with E-state index in [1.807, 2.05) is 36.4 Å². The van der Waals surface area contributed by atoms with Gasteiger partial charge in [-0.05, 0) is 23.3 Å². The molecule has 2 rings (SSSR count). The van der Waals surface area contributed by atoms with Crippen LogP contribution in [0.25, 0.3) is 0 Å². The van der Waals surface area contributed by atoms with E-state index in [2.05, 4.69) is 10.6 Å². The van der Waals surface area contributed by atoms with E-state index in [0.717, 1.165) is 5.56 Å². The molecule has 0 unspecified atom stereocenters. The third-order valence-electron chi connectivity index (χ3n) is 4.27. The number of amides is 2. The van der Waals surface area contributed by atoms with E-state index < -0.39 is 24.0 Å². The molecule has 150 valence electrons. The first-order chi connectivity index (χ1) is 13.9. The number of nitrogens with zero attached hydrogens (tertiary/aromatic N) is 1. The smallest absolute Gasteiger partial charge is 0.328 e. The van der Waals surface area contributed by atoms with Gasteiger partial charge in [0.25, 0.3) is 0 Å². The highest BCUT2D eigenvalue weighted by molar-refractivity contribution is 5.90. The van der Waals surface area contributed by atoms with Crippen molar-refractivity contribution in [3.63, 3.8) is 0 Å². The summed E-state index contributed by atoms with van der Waals surface area (Å²) in [5.74, 6) is -1.45. The van der Waals surface area contributed by atoms with Crippen LogP contribution >= 0.6 is 0 Å².